The van der Waals surface area contributed by atoms with Gasteiger partial charge in [-0.1, -0.05) is 25.1 Å². The van der Waals surface area contributed by atoms with Crippen molar-refractivity contribution < 1.29 is 0 Å². The Morgan fingerprint density at radius 2 is 2.05 bits per heavy atom. The van der Waals surface area contributed by atoms with Crippen LogP contribution in [0.4, 0.5) is 0 Å². The molecule has 0 amide bonds. The van der Waals surface area contributed by atoms with Crippen LogP contribution in [0.3, 0.4) is 0 Å². The number of hydrogen-bond donors (Lipinski definition) is 0. The lowest BCUT2D eigenvalue weighted by Crippen LogP contribution is -2.03. The fraction of sp³-hybridized carbons (Fsp3) is 0.375. The van der Waals surface area contributed by atoms with Crippen LogP contribution in [0.5, 0.6) is 0 Å². The lowest BCUT2D eigenvalue weighted by Gasteiger charge is -2.10. The van der Waals surface area contributed by atoms with Gasteiger partial charge in [-0.3, -0.25) is 4.98 Å². The van der Waals surface area contributed by atoms with Gasteiger partial charge in [0.15, 0.2) is 0 Å². The normalized spacial score (nSPS) is 23.4. The molecule has 0 radical (unpaired) electrons. The zero-order valence-electron chi connectivity index (χ0n) is 11.5. The molecule has 1 aliphatic carbocycles. The lowest BCUT2D eigenvalue weighted by molar-refractivity contribution is 0.660. The maximum Gasteiger partial charge on any atom is 0.128 e. The summed E-state index contributed by atoms with van der Waals surface area (Å²) in [5, 5.41) is 1.08. The Balaban J connectivity index is 2.13. The molecule has 4 heteroatoms. The van der Waals surface area contributed by atoms with Crippen molar-refractivity contribution in [1.29, 1.82) is 0 Å². The Labute approximate surface area is 122 Å². The Kier molecular flexibility index (Phi) is 2.55. The minimum absolute atomic E-state index is 0.0889. The third kappa shape index (κ3) is 1.66. The topological polar surface area (TPSA) is 30.7 Å². The molecule has 0 aliphatic heterocycles. The summed E-state index contributed by atoms with van der Waals surface area (Å²) in [6, 6.07) is 8.78. The minimum atomic E-state index is -0.0889. The van der Waals surface area contributed by atoms with Crippen LogP contribution in [-0.4, -0.2) is 14.5 Å². The highest BCUT2D eigenvalue weighted by Crippen LogP contribution is 2.47. The van der Waals surface area contributed by atoms with Gasteiger partial charge >= 0.3 is 0 Å². The third-order valence-corrected chi connectivity index (χ3v) is 4.40. The summed E-state index contributed by atoms with van der Waals surface area (Å²) in [7, 11) is 0. The number of imidazole rings is 1. The van der Waals surface area contributed by atoms with E-state index < -0.39 is 0 Å². The number of halogens is 1. The summed E-state index contributed by atoms with van der Waals surface area (Å²) in [6.45, 7) is 4.27. The molecular formula is C16H16ClN3. The second-order valence-electron chi connectivity index (χ2n) is 5.75. The number of benzene rings is 1. The molecule has 102 valence electrons. The van der Waals surface area contributed by atoms with Crippen LogP contribution in [-0.2, 0) is 0 Å². The minimum Gasteiger partial charge on any atom is -0.323 e. The van der Waals surface area contributed by atoms with Gasteiger partial charge in [0.2, 0.25) is 0 Å². The molecule has 3 atom stereocenters. The number of fused-ring (bicyclic) bond motifs is 3. The first-order valence-corrected chi connectivity index (χ1v) is 7.50. The van der Waals surface area contributed by atoms with Crippen LogP contribution in [0, 0.1) is 5.92 Å². The summed E-state index contributed by atoms with van der Waals surface area (Å²) >= 11 is 6.35. The second-order valence-corrected chi connectivity index (χ2v) is 6.40. The Bertz CT molecular complexity index is 806. The van der Waals surface area contributed by atoms with E-state index in [9.17, 15) is 0 Å². The molecule has 4 rings (SSSR count). The van der Waals surface area contributed by atoms with Crippen molar-refractivity contribution in [2.24, 2.45) is 5.92 Å². The predicted octanol–water partition coefficient (Wildman–Crippen LogP) is 4.47. The van der Waals surface area contributed by atoms with Crippen molar-refractivity contribution in [1.82, 2.24) is 14.5 Å². The molecule has 1 fully saturated rings. The SMILES string of the molecule is CC(Cl)c1nc2cnc3ccccc3c2n1C1CC1C. The Hall–Kier alpha value is -1.61. The van der Waals surface area contributed by atoms with E-state index in [1.807, 2.05) is 25.3 Å². The quantitative estimate of drug-likeness (QED) is 0.651. The van der Waals surface area contributed by atoms with E-state index in [4.69, 9.17) is 16.6 Å². The van der Waals surface area contributed by atoms with E-state index >= 15 is 0 Å². The maximum atomic E-state index is 6.35. The van der Waals surface area contributed by atoms with Gasteiger partial charge in [0.1, 0.15) is 11.3 Å². The van der Waals surface area contributed by atoms with Gasteiger partial charge in [0.05, 0.1) is 22.6 Å². The number of alkyl halides is 1. The number of rotatable bonds is 2. The van der Waals surface area contributed by atoms with Crippen molar-refractivity contribution in [3.8, 4) is 0 Å². The summed E-state index contributed by atoms with van der Waals surface area (Å²) < 4.78 is 2.35. The van der Waals surface area contributed by atoms with Gasteiger partial charge in [-0.25, -0.2) is 4.98 Å². The molecule has 2 aromatic heterocycles. The van der Waals surface area contributed by atoms with Crippen LogP contribution in [0.2, 0.25) is 0 Å². The average molecular weight is 286 g/mol. The van der Waals surface area contributed by atoms with Crippen LogP contribution in [0.15, 0.2) is 30.5 Å². The van der Waals surface area contributed by atoms with Crippen LogP contribution in [0.1, 0.15) is 37.5 Å². The molecule has 1 aliphatic rings. The summed E-state index contributed by atoms with van der Waals surface area (Å²) in [6.07, 6.45) is 3.07. The monoisotopic (exact) mass is 285 g/mol. The Morgan fingerprint density at radius 1 is 1.30 bits per heavy atom. The molecule has 20 heavy (non-hydrogen) atoms. The van der Waals surface area contributed by atoms with Gasteiger partial charge in [-0.2, -0.15) is 0 Å². The van der Waals surface area contributed by atoms with Gasteiger partial charge < -0.3 is 4.57 Å². The highest BCUT2D eigenvalue weighted by Gasteiger charge is 2.38. The fourth-order valence-corrected chi connectivity index (χ4v) is 3.18. The number of para-hydroxylation sites is 1. The van der Waals surface area contributed by atoms with Crippen LogP contribution >= 0.6 is 11.6 Å². The molecule has 3 aromatic rings. The van der Waals surface area contributed by atoms with E-state index in [-0.39, 0.29) is 5.38 Å². The van der Waals surface area contributed by atoms with Gasteiger partial charge in [-0.05, 0) is 25.3 Å². The van der Waals surface area contributed by atoms with E-state index in [1.54, 1.807) is 0 Å². The van der Waals surface area contributed by atoms with Gasteiger partial charge in [0.25, 0.3) is 0 Å². The second kappa shape index (κ2) is 4.19. The fourth-order valence-electron chi connectivity index (χ4n) is 3.02. The van der Waals surface area contributed by atoms with Gasteiger partial charge in [0, 0.05) is 11.4 Å². The molecule has 3 unspecified atom stereocenters. The lowest BCUT2D eigenvalue weighted by atomic mass is 10.2. The molecule has 3 nitrogen and oxygen atoms in total. The van der Waals surface area contributed by atoms with E-state index in [2.05, 4.69) is 28.6 Å². The summed E-state index contributed by atoms with van der Waals surface area (Å²) in [5.74, 6) is 1.67. The van der Waals surface area contributed by atoms with E-state index in [0.717, 1.165) is 16.9 Å². The predicted molar refractivity (Wildman–Crippen MR) is 82.1 cm³/mol. The molecule has 0 saturated heterocycles. The molecule has 2 heterocycles. The van der Waals surface area contributed by atoms with Crippen molar-refractivity contribution in [2.75, 3.05) is 0 Å². The summed E-state index contributed by atoms with van der Waals surface area (Å²) in [5.41, 5.74) is 3.15. The zero-order valence-corrected chi connectivity index (χ0v) is 12.3. The molecular weight excluding hydrogens is 270 g/mol. The third-order valence-electron chi connectivity index (χ3n) is 4.20. The molecule has 1 aromatic carbocycles. The maximum absolute atomic E-state index is 6.35. The standard InChI is InChI=1S/C16H16ClN3/c1-9-7-14(9)20-15-11-5-3-4-6-12(11)18-8-13(15)19-16(20)10(2)17/h3-6,8-10,14H,7H2,1-2H3. The number of nitrogens with zero attached hydrogens (tertiary/aromatic N) is 3. The first-order chi connectivity index (χ1) is 9.66. The first kappa shape index (κ1) is 12.2. The van der Waals surface area contributed by atoms with E-state index in [1.165, 1.54) is 17.3 Å². The number of aromatic nitrogens is 3. The highest BCUT2D eigenvalue weighted by molar-refractivity contribution is 6.20. The largest absolute Gasteiger partial charge is 0.323 e. The highest BCUT2D eigenvalue weighted by atomic mass is 35.5. The molecule has 0 N–H and O–H groups in total. The smallest absolute Gasteiger partial charge is 0.128 e. The molecule has 0 spiro atoms. The van der Waals surface area contributed by atoms with E-state index in [0.29, 0.717) is 12.0 Å². The summed E-state index contributed by atoms with van der Waals surface area (Å²) in [4.78, 5) is 9.23. The van der Waals surface area contributed by atoms with Gasteiger partial charge in [-0.15, -0.1) is 11.6 Å². The molecule has 0 bridgehead atoms. The van der Waals surface area contributed by atoms with Crippen molar-refractivity contribution in [2.45, 2.75) is 31.7 Å². The van der Waals surface area contributed by atoms with Crippen molar-refractivity contribution in [3.63, 3.8) is 0 Å². The average Bonchev–Trinajstić information content (AvgIpc) is 3.02. The Morgan fingerprint density at radius 3 is 2.75 bits per heavy atom. The molecule has 1 saturated carbocycles. The van der Waals surface area contributed by atoms with Crippen molar-refractivity contribution in [3.05, 3.63) is 36.3 Å². The zero-order chi connectivity index (χ0) is 13.9. The van der Waals surface area contributed by atoms with Crippen LogP contribution < -0.4 is 0 Å². The van der Waals surface area contributed by atoms with Crippen LogP contribution in [0.25, 0.3) is 21.9 Å². The number of hydrogen-bond acceptors (Lipinski definition) is 2. The number of pyridine rings is 1. The first-order valence-electron chi connectivity index (χ1n) is 7.06. The van der Waals surface area contributed by atoms with Crippen molar-refractivity contribution >= 4 is 33.5 Å².